The van der Waals surface area contributed by atoms with E-state index in [1.54, 1.807) is 6.07 Å². The molecule has 1 amide bonds. The molecule has 1 heterocycles. The second-order valence-electron chi connectivity index (χ2n) is 6.34. The predicted molar refractivity (Wildman–Crippen MR) is 101 cm³/mol. The Bertz CT molecular complexity index is 1060. The van der Waals surface area contributed by atoms with Crippen molar-refractivity contribution in [3.8, 4) is 0 Å². The lowest BCUT2D eigenvalue weighted by Gasteiger charge is -2.15. The molecule has 1 aliphatic rings. The minimum Gasteiger partial charge on any atom is -0.348 e. The van der Waals surface area contributed by atoms with Crippen LogP contribution in [0.2, 0.25) is 0 Å². The Hall–Kier alpha value is -2.74. The van der Waals surface area contributed by atoms with E-state index < -0.39 is 27.0 Å². The molecule has 0 fully saturated rings. The van der Waals surface area contributed by atoms with E-state index in [1.165, 1.54) is 24.3 Å². The highest BCUT2D eigenvalue weighted by molar-refractivity contribution is 7.95. The number of fused-ring (bicyclic) bond motifs is 1. The minimum absolute atomic E-state index is 0.0281. The summed E-state index contributed by atoms with van der Waals surface area (Å²) >= 11 is 0. The normalized spacial score (nSPS) is 15.9. The van der Waals surface area contributed by atoms with Gasteiger partial charge in [-0.15, -0.1) is 0 Å². The molecule has 142 valence electrons. The van der Waals surface area contributed by atoms with Crippen LogP contribution >= 0.6 is 0 Å². The Balaban J connectivity index is 1.67. The molecule has 0 saturated heterocycles. The van der Waals surface area contributed by atoms with Gasteiger partial charge in [0.2, 0.25) is 0 Å². The number of halogens is 1. The number of rotatable bonds is 5. The molecule has 1 aliphatic carbocycles. The van der Waals surface area contributed by atoms with E-state index in [9.17, 15) is 18.2 Å². The van der Waals surface area contributed by atoms with Crippen LogP contribution in [-0.4, -0.2) is 21.6 Å². The maximum atomic E-state index is 13.7. The van der Waals surface area contributed by atoms with E-state index >= 15 is 0 Å². The third-order valence-electron chi connectivity index (χ3n) is 4.41. The number of aromatic amines is 1. The van der Waals surface area contributed by atoms with Gasteiger partial charge in [0.05, 0.1) is 14.6 Å². The lowest BCUT2D eigenvalue weighted by Crippen LogP contribution is -2.31. The van der Waals surface area contributed by atoms with Crippen LogP contribution in [0.25, 0.3) is 0 Å². The molecule has 0 aliphatic heterocycles. The Morgan fingerprint density at radius 3 is 2.81 bits per heavy atom. The molecule has 3 N–H and O–H groups in total. The van der Waals surface area contributed by atoms with Gasteiger partial charge in [-0.05, 0) is 49.4 Å². The maximum absolute atomic E-state index is 13.7. The van der Waals surface area contributed by atoms with Gasteiger partial charge in [0.25, 0.3) is 11.5 Å². The molecule has 27 heavy (non-hydrogen) atoms. The zero-order valence-corrected chi connectivity index (χ0v) is 15.4. The third-order valence-corrected chi connectivity index (χ3v) is 5.97. The predicted octanol–water partition coefficient (Wildman–Crippen LogP) is 2.74. The van der Waals surface area contributed by atoms with Crippen molar-refractivity contribution in [1.82, 2.24) is 10.3 Å². The van der Waals surface area contributed by atoms with Gasteiger partial charge in [-0.25, -0.2) is 13.4 Å². The van der Waals surface area contributed by atoms with Gasteiger partial charge in [-0.2, -0.15) is 0 Å². The topological polar surface area (TPSA) is 103 Å². The number of hydrogen-bond donors (Lipinski definition) is 3. The summed E-state index contributed by atoms with van der Waals surface area (Å²) in [6.07, 6.45) is 5.01. The van der Waals surface area contributed by atoms with Crippen molar-refractivity contribution in [3.05, 3.63) is 74.8 Å². The summed E-state index contributed by atoms with van der Waals surface area (Å²) in [5, 5.41) is 3.60. The monoisotopic (exact) mass is 389 g/mol. The second kappa shape index (κ2) is 7.87. The van der Waals surface area contributed by atoms with Crippen molar-refractivity contribution in [1.29, 1.82) is 4.78 Å². The second-order valence-corrected chi connectivity index (χ2v) is 8.25. The number of amides is 1. The van der Waals surface area contributed by atoms with E-state index in [2.05, 4.69) is 10.3 Å². The summed E-state index contributed by atoms with van der Waals surface area (Å²) in [5.41, 5.74) is 1.47. The molecule has 0 spiro atoms. The van der Waals surface area contributed by atoms with Gasteiger partial charge in [0.15, 0.2) is 0 Å². The van der Waals surface area contributed by atoms with Crippen molar-refractivity contribution >= 4 is 15.6 Å². The Kier molecular flexibility index (Phi) is 5.55. The van der Waals surface area contributed by atoms with E-state index in [0.29, 0.717) is 0 Å². The van der Waals surface area contributed by atoms with Crippen LogP contribution in [0, 0.1) is 10.6 Å². The zero-order chi connectivity index (χ0) is 19.4. The van der Waals surface area contributed by atoms with E-state index in [1.807, 2.05) is 0 Å². The SMILES string of the molecule is N=S(=O)(/C=C/CNC(=O)c1cc2c([nH]c1=O)CCCC2)c1ccccc1F. The fraction of sp³-hybridized carbons (Fsp3) is 0.263. The lowest BCUT2D eigenvalue weighted by atomic mass is 9.95. The van der Waals surface area contributed by atoms with Crippen LogP contribution in [0.4, 0.5) is 4.39 Å². The average Bonchev–Trinajstić information content (AvgIpc) is 2.64. The van der Waals surface area contributed by atoms with Gasteiger partial charge in [-0.1, -0.05) is 18.2 Å². The summed E-state index contributed by atoms with van der Waals surface area (Å²) in [4.78, 5) is 26.9. The highest BCUT2D eigenvalue weighted by Crippen LogP contribution is 2.19. The largest absolute Gasteiger partial charge is 0.348 e. The average molecular weight is 389 g/mol. The van der Waals surface area contributed by atoms with Gasteiger partial charge in [0, 0.05) is 17.6 Å². The molecule has 1 unspecified atom stereocenters. The molecule has 1 aromatic heterocycles. The summed E-state index contributed by atoms with van der Waals surface area (Å²) in [7, 11) is -3.45. The summed E-state index contributed by atoms with van der Waals surface area (Å²) < 4.78 is 33.8. The number of benzene rings is 1. The van der Waals surface area contributed by atoms with Crippen LogP contribution in [0.5, 0.6) is 0 Å². The smallest absolute Gasteiger partial charge is 0.261 e. The first-order chi connectivity index (χ1) is 12.9. The van der Waals surface area contributed by atoms with Crippen LogP contribution in [0.3, 0.4) is 0 Å². The van der Waals surface area contributed by atoms with Crippen LogP contribution in [-0.2, 0) is 22.6 Å². The van der Waals surface area contributed by atoms with Crippen molar-refractivity contribution in [2.45, 2.75) is 30.6 Å². The van der Waals surface area contributed by atoms with Crippen LogP contribution < -0.4 is 10.9 Å². The van der Waals surface area contributed by atoms with Crippen LogP contribution in [0.15, 0.2) is 51.5 Å². The van der Waals surface area contributed by atoms with Gasteiger partial charge >= 0.3 is 0 Å². The van der Waals surface area contributed by atoms with Crippen molar-refractivity contribution in [2.24, 2.45) is 0 Å². The first-order valence-corrected chi connectivity index (χ1v) is 10.2. The summed E-state index contributed by atoms with van der Waals surface area (Å²) in [6, 6.07) is 7.01. The standard InChI is InChI=1S/C19H20FN3O3S/c20-15-7-2-4-9-17(15)27(21,26)11-5-10-22-18(24)14-12-13-6-1-3-8-16(13)23-19(14)25/h2,4-5,7,9,11-12,21H,1,3,6,8,10H2,(H,22,24)(H,23,25)/b11-5+. The molecular weight excluding hydrogens is 369 g/mol. The fourth-order valence-electron chi connectivity index (χ4n) is 3.04. The zero-order valence-electron chi connectivity index (χ0n) is 14.6. The lowest BCUT2D eigenvalue weighted by molar-refractivity contribution is 0.0956. The molecule has 8 heteroatoms. The van der Waals surface area contributed by atoms with E-state index in [4.69, 9.17) is 4.78 Å². The first kappa shape index (κ1) is 19.0. The third kappa shape index (κ3) is 4.33. The molecule has 0 saturated carbocycles. The van der Waals surface area contributed by atoms with Gasteiger partial charge in [0.1, 0.15) is 11.4 Å². The molecule has 1 atom stereocenters. The molecule has 1 aromatic carbocycles. The summed E-state index contributed by atoms with van der Waals surface area (Å²) in [6.45, 7) is -0.0281. The van der Waals surface area contributed by atoms with Crippen molar-refractivity contribution < 1.29 is 13.4 Å². The molecule has 3 rings (SSSR count). The number of nitrogens with one attached hydrogen (secondary N) is 3. The van der Waals surface area contributed by atoms with Crippen LogP contribution in [0.1, 0.15) is 34.5 Å². The number of aryl methyl sites for hydroxylation is 2. The molecule has 0 radical (unpaired) electrons. The Morgan fingerprint density at radius 1 is 1.30 bits per heavy atom. The van der Waals surface area contributed by atoms with Gasteiger partial charge < -0.3 is 10.3 Å². The number of hydrogen-bond acceptors (Lipinski definition) is 4. The van der Waals surface area contributed by atoms with E-state index in [0.717, 1.165) is 48.4 Å². The van der Waals surface area contributed by atoms with E-state index in [-0.39, 0.29) is 17.0 Å². The first-order valence-electron chi connectivity index (χ1n) is 8.61. The van der Waals surface area contributed by atoms with Crippen molar-refractivity contribution in [2.75, 3.05) is 6.54 Å². The Labute approximate surface area is 156 Å². The highest BCUT2D eigenvalue weighted by Gasteiger charge is 2.17. The van der Waals surface area contributed by atoms with Crippen molar-refractivity contribution in [3.63, 3.8) is 0 Å². The highest BCUT2D eigenvalue weighted by atomic mass is 32.2. The fourth-order valence-corrected chi connectivity index (χ4v) is 4.19. The minimum atomic E-state index is -3.45. The number of aromatic nitrogens is 1. The van der Waals surface area contributed by atoms with Gasteiger partial charge in [-0.3, -0.25) is 9.59 Å². The molecule has 0 bridgehead atoms. The molecule has 6 nitrogen and oxygen atoms in total. The molecule has 2 aromatic rings. The number of pyridine rings is 1. The quantitative estimate of drug-likeness (QED) is 0.732. The molecular formula is C19H20FN3O3S. The number of carbonyl (C=O) groups is 1. The maximum Gasteiger partial charge on any atom is 0.261 e. The number of H-pyrrole nitrogens is 1. The summed E-state index contributed by atoms with van der Waals surface area (Å²) in [5.74, 6) is -1.26. The Morgan fingerprint density at radius 2 is 2.04 bits per heavy atom. The number of carbonyl (C=O) groups excluding carboxylic acids is 1.